The van der Waals surface area contributed by atoms with Crippen molar-refractivity contribution in [2.24, 2.45) is 0 Å². The molecule has 0 radical (unpaired) electrons. The van der Waals surface area contributed by atoms with Crippen LogP contribution in [0.3, 0.4) is 0 Å². The summed E-state index contributed by atoms with van der Waals surface area (Å²) in [6.07, 6.45) is 1.49. The minimum atomic E-state index is -0.592. The molecule has 1 N–H and O–H groups in total. The van der Waals surface area contributed by atoms with Crippen LogP contribution in [0.4, 0.5) is 5.69 Å². The molecule has 0 atom stereocenters. The number of rotatable bonds is 4. The SMILES string of the molecule is COc1cc(C)c(/C=C2\C(=O)NC(=S)N(c3ccc(Cl)c(Cl)c3)C2=O)cc1OC. The molecule has 3 rings (SSSR count). The van der Waals surface area contributed by atoms with E-state index in [9.17, 15) is 9.59 Å². The molecule has 150 valence electrons. The van der Waals surface area contributed by atoms with Crippen molar-refractivity contribution in [3.8, 4) is 11.5 Å². The summed E-state index contributed by atoms with van der Waals surface area (Å²) < 4.78 is 10.6. The van der Waals surface area contributed by atoms with Crippen LogP contribution in [0, 0.1) is 6.92 Å². The number of hydrogen-bond acceptors (Lipinski definition) is 5. The topological polar surface area (TPSA) is 67.9 Å². The van der Waals surface area contributed by atoms with Gasteiger partial charge in [0.05, 0.1) is 30.0 Å². The normalized spacial score (nSPS) is 15.6. The van der Waals surface area contributed by atoms with Crippen LogP contribution in [0.15, 0.2) is 35.9 Å². The Morgan fingerprint density at radius 3 is 2.31 bits per heavy atom. The van der Waals surface area contributed by atoms with Crippen LogP contribution in [0.5, 0.6) is 11.5 Å². The smallest absolute Gasteiger partial charge is 0.270 e. The van der Waals surface area contributed by atoms with E-state index in [4.69, 9.17) is 44.9 Å². The molecular formula is C20H16Cl2N2O4S. The summed E-state index contributed by atoms with van der Waals surface area (Å²) in [5.41, 5.74) is 1.73. The van der Waals surface area contributed by atoms with Crippen molar-refractivity contribution in [1.82, 2.24) is 5.32 Å². The number of anilines is 1. The van der Waals surface area contributed by atoms with Gasteiger partial charge in [0, 0.05) is 0 Å². The lowest BCUT2D eigenvalue weighted by atomic mass is 10.0. The van der Waals surface area contributed by atoms with Gasteiger partial charge in [-0.15, -0.1) is 0 Å². The molecule has 1 fully saturated rings. The highest BCUT2D eigenvalue weighted by molar-refractivity contribution is 7.80. The average Bonchev–Trinajstić information content (AvgIpc) is 2.68. The van der Waals surface area contributed by atoms with Gasteiger partial charge in [-0.25, -0.2) is 0 Å². The monoisotopic (exact) mass is 450 g/mol. The Morgan fingerprint density at radius 1 is 1.03 bits per heavy atom. The Labute approximate surface area is 183 Å². The minimum Gasteiger partial charge on any atom is -0.493 e. The molecule has 6 nitrogen and oxygen atoms in total. The maximum Gasteiger partial charge on any atom is 0.270 e. The number of carbonyl (C=O) groups is 2. The van der Waals surface area contributed by atoms with E-state index in [0.29, 0.717) is 27.8 Å². The summed E-state index contributed by atoms with van der Waals surface area (Å²) in [4.78, 5) is 26.8. The van der Waals surface area contributed by atoms with Gasteiger partial charge in [-0.2, -0.15) is 0 Å². The summed E-state index contributed by atoms with van der Waals surface area (Å²) in [5.74, 6) is -0.146. The van der Waals surface area contributed by atoms with Gasteiger partial charge in [0.15, 0.2) is 16.6 Å². The number of aryl methyl sites for hydroxylation is 1. The number of benzene rings is 2. The third kappa shape index (κ3) is 4.07. The van der Waals surface area contributed by atoms with Crippen LogP contribution in [-0.2, 0) is 9.59 Å². The van der Waals surface area contributed by atoms with Gasteiger partial charge >= 0.3 is 0 Å². The number of hydrogen-bond donors (Lipinski definition) is 1. The Kier molecular flexibility index (Phi) is 6.12. The highest BCUT2D eigenvalue weighted by Gasteiger charge is 2.34. The predicted molar refractivity (Wildman–Crippen MR) is 117 cm³/mol. The van der Waals surface area contributed by atoms with E-state index < -0.39 is 11.8 Å². The number of halogens is 2. The van der Waals surface area contributed by atoms with Gasteiger partial charge in [-0.05, 0) is 66.7 Å². The minimum absolute atomic E-state index is 0.0421. The van der Waals surface area contributed by atoms with Gasteiger partial charge in [-0.3, -0.25) is 19.8 Å². The first-order valence-electron chi connectivity index (χ1n) is 8.36. The molecule has 1 saturated heterocycles. The quantitative estimate of drug-likeness (QED) is 0.430. The van der Waals surface area contributed by atoms with Crippen LogP contribution in [0.2, 0.25) is 10.0 Å². The van der Waals surface area contributed by atoms with Crippen LogP contribution in [0.25, 0.3) is 6.08 Å². The van der Waals surface area contributed by atoms with Crippen molar-refractivity contribution in [3.63, 3.8) is 0 Å². The lowest BCUT2D eigenvalue weighted by Crippen LogP contribution is -2.54. The molecular weight excluding hydrogens is 435 g/mol. The molecule has 29 heavy (non-hydrogen) atoms. The van der Waals surface area contributed by atoms with E-state index in [0.717, 1.165) is 5.56 Å². The highest BCUT2D eigenvalue weighted by Crippen LogP contribution is 2.33. The molecule has 0 spiro atoms. The maximum atomic E-state index is 13.1. The van der Waals surface area contributed by atoms with E-state index in [1.165, 1.54) is 31.3 Å². The molecule has 2 aromatic carbocycles. The molecule has 2 aromatic rings. The van der Waals surface area contributed by atoms with Crippen LogP contribution < -0.4 is 19.7 Å². The number of methoxy groups -OCH3 is 2. The lowest BCUT2D eigenvalue weighted by Gasteiger charge is -2.29. The Morgan fingerprint density at radius 2 is 1.69 bits per heavy atom. The number of nitrogens with one attached hydrogen (secondary N) is 1. The van der Waals surface area contributed by atoms with Crippen LogP contribution in [0.1, 0.15) is 11.1 Å². The Balaban J connectivity index is 2.07. The number of nitrogens with zero attached hydrogens (tertiary/aromatic N) is 1. The second-order valence-corrected chi connectivity index (χ2v) is 7.32. The van der Waals surface area contributed by atoms with Crippen LogP contribution in [-0.4, -0.2) is 31.1 Å². The second-order valence-electron chi connectivity index (χ2n) is 6.12. The van der Waals surface area contributed by atoms with E-state index in [1.807, 2.05) is 6.92 Å². The largest absolute Gasteiger partial charge is 0.493 e. The number of amides is 2. The first-order chi connectivity index (χ1) is 13.8. The van der Waals surface area contributed by atoms with Crippen molar-refractivity contribution in [1.29, 1.82) is 0 Å². The Bertz CT molecular complexity index is 1070. The van der Waals surface area contributed by atoms with Crippen molar-refractivity contribution in [2.75, 3.05) is 19.1 Å². The number of ether oxygens (including phenoxy) is 2. The third-order valence-corrected chi connectivity index (χ3v) is 5.36. The molecule has 0 bridgehead atoms. The molecule has 0 unspecified atom stereocenters. The average molecular weight is 451 g/mol. The molecule has 1 heterocycles. The van der Waals surface area contributed by atoms with Crippen molar-refractivity contribution < 1.29 is 19.1 Å². The highest BCUT2D eigenvalue weighted by atomic mass is 35.5. The van der Waals surface area contributed by atoms with Gasteiger partial charge in [0.25, 0.3) is 11.8 Å². The Hall–Kier alpha value is -2.61. The molecule has 0 saturated carbocycles. The van der Waals surface area contributed by atoms with E-state index in [1.54, 1.807) is 24.3 Å². The van der Waals surface area contributed by atoms with Crippen molar-refractivity contribution >= 4 is 64.1 Å². The number of thiocarbonyl (C=S) groups is 1. The second kappa shape index (κ2) is 8.41. The predicted octanol–water partition coefficient (Wildman–Crippen LogP) is 4.15. The summed E-state index contributed by atoms with van der Waals surface area (Å²) in [5, 5.41) is 3.09. The lowest BCUT2D eigenvalue weighted by molar-refractivity contribution is -0.122. The molecule has 2 amide bonds. The van der Waals surface area contributed by atoms with Crippen LogP contribution >= 0.6 is 35.4 Å². The molecule has 0 aliphatic carbocycles. The summed E-state index contributed by atoms with van der Waals surface area (Å²) >= 11 is 17.2. The fourth-order valence-corrected chi connectivity index (χ4v) is 3.40. The third-order valence-electron chi connectivity index (χ3n) is 4.34. The fourth-order valence-electron chi connectivity index (χ4n) is 2.82. The van der Waals surface area contributed by atoms with Crippen molar-refractivity contribution in [2.45, 2.75) is 6.92 Å². The zero-order chi connectivity index (χ0) is 21.3. The van der Waals surface area contributed by atoms with E-state index in [2.05, 4.69) is 5.32 Å². The van der Waals surface area contributed by atoms with Gasteiger partial charge in [0.1, 0.15) is 5.57 Å². The molecule has 9 heteroatoms. The first kappa shape index (κ1) is 21.1. The van der Waals surface area contributed by atoms with Gasteiger partial charge in [0.2, 0.25) is 0 Å². The standard InChI is InChI=1S/C20H16Cl2N2O4S/c1-10-6-16(27-2)17(28-3)8-11(10)7-13-18(25)23-20(29)24(19(13)26)12-4-5-14(21)15(22)9-12/h4-9H,1-3H3,(H,23,25,29)/b13-7+. The molecule has 0 aromatic heterocycles. The van der Waals surface area contributed by atoms with Crippen molar-refractivity contribution in [3.05, 3.63) is 57.1 Å². The van der Waals surface area contributed by atoms with E-state index >= 15 is 0 Å². The first-order valence-corrected chi connectivity index (χ1v) is 9.52. The zero-order valence-corrected chi connectivity index (χ0v) is 18.0. The fraction of sp³-hybridized carbons (Fsp3) is 0.150. The summed E-state index contributed by atoms with van der Waals surface area (Å²) in [6.45, 7) is 1.83. The summed E-state index contributed by atoms with van der Waals surface area (Å²) in [7, 11) is 3.04. The van der Waals surface area contributed by atoms with Gasteiger partial charge < -0.3 is 9.47 Å². The maximum absolute atomic E-state index is 13.1. The summed E-state index contributed by atoms with van der Waals surface area (Å²) in [6, 6.07) is 8.10. The van der Waals surface area contributed by atoms with Gasteiger partial charge in [-0.1, -0.05) is 23.2 Å². The molecule has 1 aliphatic rings. The number of carbonyl (C=O) groups excluding carboxylic acids is 2. The molecule has 1 aliphatic heterocycles. The zero-order valence-electron chi connectivity index (χ0n) is 15.7. The van der Waals surface area contributed by atoms with E-state index in [-0.39, 0.29) is 15.7 Å².